The zero-order chi connectivity index (χ0) is 41.7. The number of nitrogens with one attached hydrogen (secondary N) is 1. The fraction of sp³-hybridized carbons (Fsp3) is 0.279. The van der Waals surface area contributed by atoms with Crippen molar-refractivity contribution < 1.29 is 49.5 Å². The van der Waals surface area contributed by atoms with Crippen LogP contribution >= 0.6 is 0 Å². The van der Waals surface area contributed by atoms with Crippen LogP contribution < -0.4 is 15.1 Å². The fourth-order valence-electron chi connectivity index (χ4n) is 7.21. The Labute approximate surface area is 337 Å². The van der Waals surface area contributed by atoms with Crippen LogP contribution in [0.3, 0.4) is 0 Å². The first-order chi connectivity index (χ1) is 28.4. The average Bonchev–Trinajstić information content (AvgIpc) is 3.24. The maximum Gasteiger partial charge on any atom is 0.278 e. The van der Waals surface area contributed by atoms with Crippen molar-refractivity contribution in [1.29, 1.82) is 0 Å². The van der Waals surface area contributed by atoms with E-state index in [4.69, 9.17) is 9.57 Å². The molecule has 4 aromatic carbocycles. The minimum Gasteiger partial charge on any atom is -0.488 e. The highest BCUT2D eigenvalue weighted by Gasteiger charge is 2.48. The van der Waals surface area contributed by atoms with Crippen LogP contribution in [0.4, 0.5) is 27.6 Å². The van der Waals surface area contributed by atoms with Crippen LogP contribution in [-0.2, 0) is 39.4 Å². The highest BCUT2D eigenvalue weighted by Crippen LogP contribution is 2.37. The van der Waals surface area contributed by atoms with Crippen LogP contribution in [0.15, 0.2) is 102 Å². The zero-order valence-corrected chi connectivity index (χ0v) is 32.4. The number of benzene rings is 4. The molecule has 1 atom stereocenters. The van der Waals surface area contributed by atoms with Crippen LogP contribution in [0, 0.1) is 29.1 Å². The zero-order valence-electron chi connectivity index (χ0n) is 31.6. The Balaban J connectivity index is 1.23. The fourth-order valence-corrected chi connectivity index (χ4v) is 8.95. The molecular formula is C43H39F5N4O6S. The van der Waals surface area contributed by atoms with Crippen molar-refractivity contribution in [2.45, 2.75) is 75.1 Å². The average molecular weight is 835 g/mol. The molecule has 0 bridgehead atoms. The van der Waals surface area contributed by atoms with Gasteiger partial charge in [-0.1, -0.05) is 86.0 Å². The summed E-state index contributed by atoms with van der Waals surface area (Å²) in [5, 5.41) is 0. The number of nitrogens with zero attached hydrogens (tertiary/aromatic N) is 3. The number of pyridine rings is 1. The van der Waals surface area contributed by atoms with Crippen molar-refractivity contribution in [3.05, 3.63) is 154 Å². The number of hydrogen-bond acceptors (Lipinski definition) is 7. The normalized spacial score (nSPS) is 16.0. The summed E-state index contributed by atoms with van der Waals surface area (Å²) in [6.07, 6.45) is 6.98. The summed E-state index contributed by atoms with van der Waals surface area (Å²) in [6.45, 7) is -0.621. The van der Waals surface area contributed by atoms with E-state index in [0.717, 1.165) is 48.8 Å². The Kier molecular flexibility index (Phi) is 12.7. The maximum absolute atomic E-state index is 14.8. The Morgan fingerprint density at radius 1 is 0.763 bits per heavy atom. The third-order valence-electron chi connectivity index (χ3n) is 10.5. The van der Waals surface area contributed by atoms with Crippen molar-refractivity contribution in [3.8, 4) is 5.75 Å². The van der Waals surface area contributed by atoms with E-state index < -0.39 is 68.4 Å². The monoisotopic (exact) mass is 834 g/mol. The van der Waals surface area contributed by atoms with E-state index in [1.165, 1.54) is 23.1 Å². The van der Waals surface area contributed by atoms with Crippen molar-refractivity contribution in [1.82, 2.24) is 14.8 Å². The van der Waals surface area contributed by atoms with Gasteiger partial charge in [-0.3, -0.25) is 19.4 Å². The van der Waals surface area contributed by atoms with E-state index in [1.54, 1.807) is 36.5 Å². The highest BCUT2D eigenvalue weighted by molar-refractivity contribution is 7.89. The number of carbonyl (C=O) groups is 2. The summed E-state index contributed by atoms with van der Waals surface area (Å²) >= 11 is 0. The standard InChI is InChI=1S/C43H39F5N4O6S/c44-36-37(45)39(47)41(40(48)38(36)46)59(55,56)52-21-20-34(52)43(54)51(24-31-17-16-30(23-49-31)29-14-8-3-9-15-29)32-18-19-33(35(22-32)57-25-27-10-4-1-5-11-27)42(53)50-58-26-28-12-6-2-7-13-28/h1-2,4-7,10-13,16-19,22-23,29,34H,3,8-9,14-15,20-21,24-26H2,(H,50,53)/t34-/m1/s1. The number of hydroxylamine groups is 1. The summed E-state index contributed by atoms with van der Waals surface area (Å²) in [4.78, 5) is 37.2. The van der Waals surface area contributed by atoms with Crippen molar-refractivity contribution in [2.24, 2.45) is 0 Å². The molecule has 1 saturated heterocycles. The Morgan fingerprint density at radius 3 is 1.98 bits per heavy atom. The molecule has 7 rings (SSSR count). The summed E-state index contributed by atoms with van der Waals surface area (Å²) in [6, 6.07) is 24.4. The number of sulfonamides is 1. The first-order valence-corrected chi connectivity index (χ1v) is 20.4. The van der Waals surface area contributed by atoms with Gasteiger partial charge in [0.2, 0.25) is 21.7 Å². The van der Waals surface area contributed by atoms with Crippen LogP contribution in [0.25, 0.3) is 0 Å². The molecule has 2 heterocycles. The lowest BCUT2D eigenvalue weighted by Crippen LogP contribution is -2.59. The topological polar surface area (TPSA) is 118 Å². The molecule has 1 saturated carbocycles. The molecule has 2 amide bonds. The molecule has 16 heteroatoms. The Bertz CT molecular complexity index is 2390. The van der Waals surface area contributed by atoms with E-state index in [0.29, 0.717) is 15.9 Å². The molecule has 5 aromatic rings. The van der Waals surface area contributed by atoms with Gasteiger partial charge in [-0.05, 0) is 60.1 Å². The molecule has 2 aliphatic rings. The van der Waals surface area contributed by atoms with Crippen molar-refractivity contribution in [2.75, 3.05) is 11.4 Å². The second kappa shape index (κ2) is 18.1. The van der Waals surface area contributed by atoms with Gasteiger partial charge in [-0.2, -0.15) is 4.31 Å². The second-order valence-electron chi connectivity index (χ2n) is 14.3. The third-order valence-corrected chi connectivity index (χ3v) is 12.4. The Hall–Kier alpha value is -5.71. The van der Waals surface area contributed by atoms with E-state index in [-0.39, 0.29) is 43.2 Å². The SMILES string of the molecule is O=C(NOCc1ccccc1)c1ccc(N(Cc2ccc(C3CCCCC3)cn2)C(=O)[C@H]2CCN2S(=O)(=O)c2c(F)c(F)c(F)c(F)c2F)cc1OCc1ccccc1. The molecule has 0 unspecified atom stereocenters. The lowest BCUT2D eigenvalue weighted by Gasteiger charge is -2.41. The van der Waals surface area contributed by atoms with Crippen LogP contribution in [0.1, 0.15) is 77.2 Å². The van der Waals surface area contributed by atoms with Gasteiger partial charge in [0.05, 0.1) is 24.4 Å². The Morgan fingerprint density at radius 2 is 1.39 bits per heavy atom. The quantitative estimate of drug-likeness (QED) is 0.0518. The van der Waals surface area contributed by atoms with Gasteiger partial charge in [-0.25, -0.2) is 35.8 Å². The molecule has 0 radical (unpaired) electrons. The molecule has 2 fully saturated rings. The first kappa shape index (κ1) is 41.4. The molecule has 0 spiro atoms. The van der Waals surface area contributed by atoms with Gasteiger partial charge < -0.3 is 9.64 Å². The van der Waals surface area contributed by atoms with Crippen LogP contribution in [0.5, 0.6) is 5.75 Å². The van der Waals surface area contributed by atoms with Gasteiger partial charge >= 0.3 is 0 Å². The van der Waals surface area contributed by atoms with E-state index in [2.05, 4.69) is 10.5 Å². The molecular weight excluding hydrogens is 796 g/mol. The van der Waals surface area contributed by atoms with Gasteiger partial charge in [0.15, 0.2) is 28.2 Å². The maximum atomic E-state index is 14.8. The van der Waals surface area contributed by atoms with E-state index in [9.17, 15) is 40.0 Å². The summed E-state index contributed by atoms with van der Waals surface area (Å²) in [7, 11) is -5.44. The number of carbonyl (C=O) groups excluding carboxylic acids is 2. The number of hydrogen-bond donors (Lipinski definition) is 1. The van der Waals surface area contributed by atoms with Crippen molar-refractivity contribution >= 4 is 27.5 Å². The number of rotatable bonds is 14. The van der Waals surface area contributed by atoms with Crippen LogP contribution in [-0.4, -0.2) is 42.1 Å². The van der Waals surface area contributed by atoms with Gasteiger partial charge in [0.1, 0.15) is 18.4 Å². The smallest absolute Gasteiger partial charge is 0.278 e. The number of ether oxygens (including phenoxy) is 1. The molecule has 308 valence electrons. The molecule has 59 heavy (non-hydrogen) atoms. The number of halogens is 5. The lowest BCUT2D eigenvalue weighted by molar-refractivity contribution is -0.125. The van der Waals surface area contributed by atoms with Crippen LogP contribution in [0.2, 0.25) is 0 Å². The highest BCUT2D eigenvalue weighted by atomic mass is 32.2. The molecule has 10 nitrogen and oxygen atoms in total. The first-order valence-electron chi connectivity index (χ1n) is 19.0. The largest absolute Gasteiger partial charge is 0.488 e. The minimum absolute atomic E-state index is 0.00411. The predicted octanol–water partition coefficient (Wildman–Crippen LogP) is 8.26. The van der Waals surface area contributed by atoms with Gasteiger partial charge in [-0.15, -0.1) is 0 Å². The number of anilines is 1. The number of aromatic nitrogens is 1. The summed E-state index contributed by atoms with van der Waals surface area (Å²) in [5.74, 6) is -13.7. The number of amides is 2. The third kappa shape index (κ3) is 8.99. The molecule has 1 aliphatic carbocycles. The van der Waals surface area contributed by atoms with E-state index in [1.807, 2.05) is 42.5 Å². The molecule has 1 N–H and O–H groups in total. The van der Waals surface area contributed by atoms with Gasteiger partial charge in [0.25, 0.3) is 5.91 Å². The molecule has 1 aliphatic heterocycles. The van der Waals surface area contributed by atoms with E-state index >= 15 is 0 Å². The summed E-state index contributed by atoms with van der Waals surface area (Å²) in [5.41, 5.74) is 5.54. The second-order valence-corrected chi connectivity index (χ2v) is 16.1. The minimum atomic E-state index is -5.44. The lowest BCUT2D eigenvalue weighted by atomic mass is 9.85. The van der Waals surface area contributed by atoms with Gasteiger partial charge in [0, 0.05) is 24.5 Å². The van der Waals surface area contributed by atoms with Crippen molar-refractivity contribution in [3.63, 3.8) is 0 Å². The summed E-state index contributed by atoms with van der Waals surface area (Å²) < 4.78 is 106. The molecule has 1 aromatic heterocycles. The predicted molar refractivity (Wildman–Crippen MR) is 206 cm³/mol.